The van der Waals surface area contributed by atoms with Gasteiger partial charge in [-0.1, -0.05) is 30.3 Å². The van der Waals surface area contributed by atoms with Gasteiger partial charge in [0.2, 0.25) is 5.91 Å². The van der Waals surface area contributed by atoms with Gasteiger partial charge in [-0.3, -0.25) is 14.4 Å². The molecule has 152 valence electrons. The number of furan rings is 1. The molecular weight excluding hydrogens is 368 g/mol. The van der Waals surface area contributed by atoms with Crippen LogP contribution in [-0.2, 0) is 4.79 Å². The first-order chi connectivity index (χ1) is 14.1. The van der Waals surface area contributed by atoms with E-state index >= 15 is 0 Å². The Morgan fingerprint density at radius 3 is 2.28 bits per heavy atom. The molecule has 29 heavy (non-hydrogen) atoms. The number of ketones is 1. The van der Waals surface area contributed by atoms with Gasteiger partial charge in [-0.15, -0.1) is 0 Å². The van der Waals surface area contributed by atoms with Crippen LogP contribution in [0.3, 0.4) is 0 Å². The van der Waals surface area contributed by atoms with Crippen LogP contribution in [0.5, 0.6) is 0 Å². The Morgan fingerprint density at radius 1 is 0.828 bits per heavy atom. The van der Waals surface area contributed by atoms with Gasteiger partial charge in [-0.25, -0.2) is 0 Å². The molecule has 6 nitrogen and oxygen atoms in total. The fourth-order valence-corrected chi connectivity index (χ4v) is 4.39. The van der Waals surface area contributed by atoms with E-state index in [4.69, 9.17) is 4.42 Å². The summed E-state index contributed by atoms with van der Waals surface area (Å²) in [7, 11) is 0. The first-order valence-corrected chi connectivity index (χ1v) is 10.3. The molecule has 0 aliphatic carbocycles. The highest BCUT2D eigenvalue weighted by atomic mass is 16.3. The number of piperidine rings is 2. The summed E-state index contributed by atoms with van der Waals surface area (Å²) in [6.07, 6.45) is 5.95. The topological polar surface area (TPSA) is 70.8 Å². The summed E-state index contributed by atoms with van der Waals surface area (Å²) < 4.78 is 5.01. The second-order valence-electron chi connectivity index (χ2n) is 7.93. The third-order valence-corrected chi connectivity index (χ3v) is 6.06. The molecule has 1 aromatic heterocycles. The van der Waals surface area contributed by atoms with Gasteiger partial charge in [0.15, 0.2) is 5.78 Å². The summed E-state index contributed by atoms with van der Waals surface area (Å²) >= 11 is 0. The van der Waals surface area contributed by atoms with E-state index in [0.717, 1.165) is 18.4 Å². The lowest BCUT2D eigenvalue weighted by Gasteiger charge is -2.37. The highest BCUT2D eigenvalue weighted by Crippen LogP contribution is 2.26. The third kappa shape index (κ3) is 4.26. The second kappa shape index (κ2) is 8.64. The molecule has 2 amide bonds. The highest BCUT2D eigenvalue weighted by molar-refractivity contribution is 5.98. The Bertz CT molecular complexity index is 854. The van der Waals surface area contributed by atoms with Crippen LogP contribution in [0.15, 0.2) is 53.3 Å². The van der Waals surface area contributed by atoms with Gasteiger partial charge in [0.1, 0.15) is 6.26 Å². The van der Waals surface area contributed by atoms with Crippen LogP contribution in [0, 0.1) is 11.8 Å². The van der Waals surface area contributed by atoms with Crippen molar-refractivity contribution < 1.29 is 18.8 Å². The molecule has 0 spiro atoms. The van der Waals surface area contributed by atoms with Crippen molar-refractivity contribution in [2.45, 2.75) is 25.7 Å². The maximum atomic E-state index is 13.0. The van der Waals surface area contributed by atoms with E-state index in [1.54, 1.807) is 11.0 Å². The minimum Gasteiger partial charge on any atom is -0.472 e. The molecule has 1 atom stereocenters. The molecule has 1 aromatic carbocycles. The van der Waals surface area contributed by atoms with Crippen molar-refractivity contribution in [1.29, 1.82) is 0 Å². The average Bonchev–Trinajstić information content (AvgIpc) is 3.33. The van der Waals surface area contributed by atoms with Gasteiger partial charge in [0.05, 0.1) is 17.7 Å². The maximum Gasteiger partial charge on any atom is 0.257 e. The molecule has 2 aliphatic heterocycles. The van der Waals surface area contributed by atoms with Crippen molar-refractivity contribution >= 4 is 17.6 Å². The number of amides is 2. The normalized spacial score (nSPS) is 20.5. The molecule has 6 heteroatoms. The van der Waals surface area contributed by atoms with E-state index in [1.807, 2.05) is 35.2 Å². The largest absolute Gasteiger partial charge is 0.472 e. The molecule has 2 aliphatic rings. The van der Waals surface area contributed by atoms with Crippen molar-refractivity contribution in [3.8, 4) is 0 Å². The van der Waals surface area contributed by atoms with Crippen molar-refractivity contribution in [1.82, 2.24) is 9.80 Å². The fourth-order valence-electron chi connectivity index (χ4n) is 4.39. The fraction of sp³-hybridized carbons (Fsp3) is 0.435. The number of nitrogens with zero attached hydrogens (tertiary/aromatic N) is 2. The zero-order chi connectivity index (χ0) is 20.2. The Morgan fingerprint density at radius 2 is 1.59 bits per heavy atom. The summed E-state index contributed by atoms with van der Waals surface area (Å²) in [5.74, 6) is 0.0175. The molecule has 2 fully saturated rings. The first kappa shape index (κ1) is 19.4. The van der Waals surface area contributed by atoms with Crippen molar-refractivity contribution in [2.75, 3.05) is 26.2 Å². The van der Waals surface area contributed by atoms with Crippen LogP contribution in [0.4, 0.5) is 0 Å². The Kier molecular flexibility index (Phi) is 5.79. The number of likely N-dealkylation sites (tertiary alicyclic amines) is 2. The lowest BCUT2D eigenvalue weighted by atomic mass is 9.88. The number of rotatable bonds is 4. The SMILES string of the molecule is O=C(c1ccccc1)C1CCN(C(=O)C2CCCN(C(=O)c3ccoc3)C2)CC1. The molecule has 0 saturated carbocycles. The monoisotopic (exact) mass is 394 g/mol. The number of Topliss-reactive ketones (excluding diaryl/α,β-unsaturated/α-hetero) is 1. The van der Waals surface area contributed by atoms with E-state index in [-0.39, 0.29) is 29.4 Å². The van der Waals surface area contributed by atoms with Gasteiger partial charge >= 0.3 is 0 Å². The zero-order valence-corrected chi connectivity index (χ0v) is 16.5. The summed E-state index contributed by atoms with van der Waals surface area (Å²) in [4.78, 5) is 41.9. The van der Waals surface area contributed by atoms with Gasteiger partial charge in [-0.2, -0.15) is 0 Å². The zero-order valence-electron chi connectivity index (χ0n) is 16.5. The lowest BCUT2D eigenvalue weighted by molar-refractivity contribution is -0.138. The minimum absolute atomic E-state index is 0.0213. The molecule has 4 rings (SSSR count). The summed E-state index contributed by atoms with van der Waals surface area (Å²) in [6, 6.07) is 11.0. The van der Waals surface area contributed by atoms with Gasteiger partial charge in [0.25, 0.3) is 5.91 Å². The number of benzene rings is 1. The van der Waals surface area contributed by atoms with Gasteiger partial charge in [-0.05, 0) is 31.7 Å². The van der Waals surface area contributed by atoms with Crippen molar-refractivity contribution in [3.63, 3.8) is 0 Å². The van der Waals surface area contributed by atoms with E-state index < -0.39 is 0 Å². The maximum absolute atomic E-state index is 13.0. The van der Waals surface area contributed by atoms with Crippen LogP contribution in [0.1, 0.15) is 46.4 Å². The first-order valence-electron chi connectivity index (χ1n) is 10.3. The van der Waals surface area contributed by atoms with Crippen molar-refractivity contribution in [3.05, 3.63) is 60.1 Å². The Balaban J connectivity index is 1.32. The summed E-state index contributed by atoms with van der Waals surface area (Å²) in [6.45, 7) is 2.33. The number of carbonyl (C=O) groups excluding carboxylic acids is 3. The van der Waals surface area contributed by atoms with E-state index in [9.17, 15) is 14.4 Å². The molecule has 0 N–H and O–H groups in total. The second-order valence-corrected chi connectivity index (χ2v) is 7.93. The summed E-state index contributed by atoms with van der Waals surface area (Å²) in [5, 5.41) is 0. The Hall–Kier alpha value is -2.89. The number of hydrogen-bond acceptors (Lipinski definition) is 4. The number of hydrogen-bond donors (Lipinski definition) is 0. The quantitative estimate of drug-likeness (QED) is 0.747. The highest BCUT2D eigenvalue weighted by Gasteiger charge is 2.34. The predicted molar refractivity (Wildman–Crippen MR) is 107 cm³/mol. The van der Waals surface area contributed by atoms with Gasteiger partial charge in [0, 0.05) is 37.7 Å². The minimum atomic E-state index is -0.166. The molecular formula is C23H26N2O4. The molecule has 0 radical (unpaired) electrons. The molecule has 2 aromatic rings. The van der Waals surface area contributed by atoms with E-state index in [0.29, 0.717) is 44.6 Å². The van der Waals surface area contributed by atoms with E-state index in [1.165, 1.54) is 12.5 Å². The van der Waals surface area contributed by atoms with Gasteiger partial charge < -0.3 is 14.2 Å². The van der Waals surface area contributed by atoms with Crippen molar-refractivity contribution in [2.24, 2.45) is 11.8 Å². The van der Waals surface area contributed by atoms with Crippen LogP contribution < -0.4 is 0 Å². The van der Waals surface area contributed by atoms with Crippen LogP contribution >= 0.6 is 0 Å². The summed E-state index contributed by atoms with van der Waals surface area (Å²) in [5.41, 5.74) is 1.27. The molecule has 3 heterocycles. The molecule has 1 unspecified atom stereocenters. The van der Waals surface area contributed by atoms with Crippen LogP contribution in [0.25, 0.3) is 0 Å². The van der Waals surface area contributed by atoms with Crippen LogP contribution in [-0.4, -0.2) is 53.6 Å². The van der Waals surface area contributed by atoms with E-state index in [2.05, 4.69) is 0 Å². The Labute approximate surface area is 170 Å². The van der Waals surface area contributed by atoms with Crippen LogP contribution in [0.2, 0.25) is 0 Å². The molecule has 0 bridgehead atoms. The predicted octanol–water partition coefficient (Wildman–Crippen LogP) is 3.25. The average molecular weight is 394 g/mol. The standard InChI is InChI=1S/C23H26N2O4/c26-21(17-5-2-1-3-6-17)18-8-12-24(13-9-18)22(27)19-7-4-11-25(15-19)23(28)20-10-14-29-16-20/h1-3,5-6,10,14,16,18-19H,4,7-9,11-13,15H2. The molecule has 2 saturated heterocycles. The lowest BCUT2D eigenvalue weighted by Crippen LogP contribution is -2.49. The smallest absolute Gasteiger partial charge is 0.257 e. The number of carbonyl (C=O) groups is 3. The third-order valence-electron chi connectivity index (χ3n) is 6.06.